The van der Waals surface area contributed by atoms with Crippen LogP contribution in [0.25, 0.3) is 0 Å². The summed E-state index contributed by atoms with van der Waals surface area (Å²) in [4.78, 5) is 4.13. The second-order valence-electron chi connectivity index (χ2n) is 6.72. The fourth-order valence-electron chi connectivity index (χ4n) is 3.45. The second-order valence-corrected chi connectivity index (χ2v) is 6.72. The number of rotatable bonds is 3. The van der Waals surface area contributed by atoms with Gasteiger partial charge in [0.05, 0.1) is 0 Å². The Balaban J connectivity index is 2.25. The summed E-state index contributed by atoms with van der Waals surface area (Å²) in [6, 6.07) is 12.2. The van der Waals surface area contributed by atoms with E-state index in [0.29, 0.717) is 11.5 Å². The zero-order valence-corrected chi connectivity index (χ0v) is 15.0. The highest BCUT2D eigenvalue weighted by molar-refractivity contribution is 5.52. The lowest BCUT2D eigenvalue weighted by Crippen LogP contribution is -2.05. The molecule has 3 nitrogen and oxygen atoms in total. The fraction of sp³-hybridized carbons (Fsp3) is 0.227. The molecule has 0 saturated carbocycles. The molecule has 3 aromatic rings. The van der Waals surface area contributed by atoms with E-state index in [9.17, 15) is 10.2 Å². The Morgan fingerprint density at radius 2 is 1.00 bits per heavy atom. The van der Waals surface area contributed by atoms with Gasteiger partial charge in [0.15, 0.2) is 0 Å². The van der Waals surface area contributed by atoms with Crippen LogP contribution in [0, 0.1) is 27.7 Å². The van der Waals surface area contributed by atoms with Gasteiger partial charge in [-0.25, -0.2) is 0 Å². The third kappa shape index (κ3) is 3.22. The fourth-order valence-corrected chi connectivity index (χ4v) is 3.45. The van der Waals surface area contributed by atoms with E-state index in [1.54, 1.807) is 12.4 Å². The molecule has 0 fully saturated rings. The minimum Gasteiger partial charge on any atom is -0.507 e. The van der Waals surface area contributed by atoms with Crippen molar-refractivity contribution in [2.75, 3.05) is 0 Å². The SMILES string of the molecule is Cc1cc(C(c2ccncc2)c2cc(C)c(O)c(C)c2)cc(C)c1O. The number of pyridine rings is 1. The Morgan fingerprint density at radius 1 is 0.640 bits per heavy atom. The Labute approximate surface area is 148 Å². The van der Waals surface area contributed by atoms with E-state index in [4.69, 9.17) is 0 Å². The molecular formula is C22H23NO2. The first kappa shape index (κ1) is 17.0. The van der Waals surface area contributed by atoms with E-state index in [-0.39, 0.29) is 5.92 Å². The molecule has 3 heteroatoms. The quantitative estimate of drug-likeness (QED) is 0.716. The minimum atomic E-state index is 0.0130. The Hall–Kier alpha value is -2.81. The molecule has 0 aliphatic heterocycles. The molecule has 25 heavy (non-hydrogen) atoms. The van der Waals surface area contributed by atoms with Crippen molar-refractivity contribution < 1.29 is 10.2 Å². The van der Waals surface area contributed by atoms with Crippen LogP contribution >= 0.6 is 0 Å². The molecule has 0 unspecified atom stereocenters. The van der Waals surface area contributed by atoms with Crippen molar-refractivity contribution in [1.29, 1.82) is 0 Å². The topological polar surface area (TPSA) is 53.4 Å². The molecule has 128 valence electrons. The van der Waals surface area contributed by atoms with Crippen LogP contribution in [-0.4, -0.2) is 15.2 Å². The largest absolute Gasteiger partial charge is 0.507 e. The number of hydrogen-bond donors (Lipinski definition) is 2. The van der Waals surface area contributed by atoms with Gasteiger partial charge in [0.2, 0.25) is 0 Å². The third-order valence-electron chi connectivity index (χ3n) is 4.73. The standard InChI is InChI=1S/C22H23NO2/c1-13-9-18(10-14(2)21(13)24)20(17-5-7-23-8-6-17)19-11-15(3)22(25)16(4)12-19/h5-12,20,24-25H,1-4H3. The molecule has 0 aliphatic rings. The molecule has 1 aromatic heterocycles. The Morgan fingerprint density at radius 3 is 1.36 bits per heavy atom. The number of phenolic OH excluding ortho intramolecular Hbond substituents is 2. The number of aryl methyl sites for hydroxylation is 4. The van der Waals surface area contributed by atoms with Gasteiger partial charge in [-0.1, -0.05) is 24.3 Å². The van der Waals surface area contributed by atoms with Crippen LogP contribution in [0.4, 0.5) is 0 Å². The van der Waals surface area contributed by atoms with Gasteiger partial charge in [0.1, 0.15) is 11.5 Å². The molecule has 2 N–H and O–H groups in total. The maximum absolute atomic E-state index is 10.1. The van der Waals surface area contributed by atoms with E-state index < -0.39 is 0 Å². The van der Waals surface area contributed by atoms with Crippen LogP contribution < -0.4 is 0 Å². The van der Waals surface area contributed by atoms with Gasteiger partial charge in [-0.05, 0) is 78.8 Å². The summed E-state index contributed by atoms with van der Waals surface area (Å²) >= 11 is 0. The number of aromatic hydroxyl groups is 2. The molecule has 0 atom stereocenters. The average molecular weight is 333 g/mol. The summed E-state index contributed by atoms with van der Waals surface area (Å²) in [6.45, 7) is 7.68. The van der Waals surface area contributed by atoms with Crippen molar-refractivity contribution in [1.82, 2.24) is 4.98 Å². The summed E-state index contributed by atoms with van der Waals surface area (Å²) in [5.74, 6) is 0.699. The van der Waals surface area contributed by atoms with Crippen LogP contribution in [0.15, 0.2) is 48.8 Å². The van der Waals surface area contributed by atoms with Crippen molar-refractivity contribution >= 4 is 0 Å². The predicted molar refractivity (Wildman–Crippen MR) is 100 cm³/mol. The smallest absolute Gasteiger partial charge is 0.121 e. The van der Waals surface area contributed by atoms with Crippen molar-refractivity contribution in [3.05, 3.63) is 87.7 Å². The number of aromatic nitrogens is 1. The third-order valence-corrected chi connectivity index (χ3v) is 4.73. The lowest BCUT2D eigenvalue weighted by atomic mass is 9.83. The first-order valence-electron chi connectivity index (χ1n) is 8.38. The second kappa shape index (κ2) is 6.60. The molecular weight excluding hydrogens is 310 g/mol. The maximum Gasteiger partial charge on any atom is 0.121 e. The van der Waals surface area contributed by atoms with Crippen molar-refractivity contribution in [2.45, 2.75) is 33.6 Å². The molecule has 0 amide bonds. The molecule has 0 spiro atoms. The lowest BCUT2D eigenvalue weighted by Gasteiger charge is -2.22. The van der Waals surface area contributed by atoms with E-state index in [0.717, 1.165) is 38.9 Å². The highest BCUT2D eigenvalue weighted by Crippen LogP contribution is 2.37. The van der Waals surface area contributed by atoms with Gasteiger partial charge < -0.3 is 10.2 Å². The molecule has 1 heterocycles. The molecule has 0 radical (unpaired) electrons. The minimum absolute atomic E-state index is 0.0130. The number of benzene rings is 2. The van der Waals surface area contributed by atoms with Crippen LogP contribution in [0.3, 0.4) is 0 Å². The summed E-state index contributed by atoms with van der Waals surface area (Å²) in [5, 5.41) is 20.3. The van der Waals surface area contributed by atoms with Crippen LogP contribution in [0.1, 0.15) is 44.9 Å². The van der Waals surface area contributed by atoms with Crippen molar-refractivity contribution in [3.8, 4) is 11.5 Å². The van der Waals surface area contributed by atoms with Gasteiger partial charge >= 0.3 is 0 Å². The van der Waals surface area contributed by atoms with E-state index in [2.05, 4.69) is 4.98 Å². The molecule has 3 rings (SSSR count). The highest BCUT2D eigenvalue weighted by Gasteiger charge is 2.20. The zero-order valence-electron chi connectivity index (χ0n) is 15.0. The van der Waals surface area contributed by atoms with Crippen LogP contribution in [0.2, 0.25) is 0 Å². The van der Waals surface area contributed by atoms with Gasteiger partial charge in [-0.15, -0.1) is 0 Å². The van der Waals surface area contributed by atoms with E-state index in [1.165, 1.54) is 0 Å². The van der Waals surface area contributed by atoms with Gasteiger partial charge in [0, 0.05) is 18.3 Å². The zero-order chi connectivity index (χ0) is 18.1. The molecule has 0 saturated heterocycles. The summed E-state index contributed by atoms with van der Waals surface area (Å²) < 4.78 is 0. The van der Waals surface area contributed by atoms with Gasteiger partial charge in [-0.2, -0.15) is 0 Å². The normalized spacial score (nSPS) is 11.1. The summed E-state index contributed by atoms with van der Waals surface area (Å²) in [6.07, 6.45) is 3.59. The van der Waals surface area contributed by atoms with Crippen LogP contribution in [0.5, 0.6) is 11.5 Å². The van der Waals surface area contributed by atoms with Gasteiger partial charge in [0.25, 0.3) is 0 Å². The highest BCUT2D eigenvalue weighted by atomic mass is 16.3. The van der Waals surface area contributed by atoms with Crippen molar-refractivity contribution in [3.63, 3.8) is 0 Å². The molecule has 2 aromatic carbocycles. The summed E-state index contributed by atoms with van der Waals surface area (Å²) in [5.41, 5.74) is 6.81. The van der Waals surface area contributed by atoms with Gasteiger partial charge in [-0.3, -0.25) is 4.98 Å². The number of phenols is 2. The Bertz CT molecular complexity index is 813. The maximum atomic E-state index is 10.1. The average Bonchev–Trinajstić information content (AvgIpc) is 2.58. The molecule has 0 bridgehead atoms. The molecule has 0 aliphatic carbocycles. The first-order valence-corrected chi connectivity index (χ1v) is 8.38. The summed E-state index contributed by atoms with van der Waals surface area (Å²) in [7, 11) is 0. The first-order chi connectivity index (χ1) is 11.9. The van der Waals surface area contributed by atoms with Crippen LogP contribution in [-0.2, 0) is 0 Å². The monoisotopic (exact) mass is 333 g/mol. The number of hydrogen-bond acceptors (Lipinski definition) is 3. The lowest BCUT2D eigenvalue weighted by molar-refractivity contribution is 0.466. The Kier molecular flexibility index (Phi) is 4.49. The van der Waals surface area contributed by atoms with E-state index >= 15 is 0 Å². The number of nitrogens with zero attached hydrogens (tertiary/aromatic N) is 1. The van der Waals surface area contributed by atoms with E-state index in [1.807, 2.05) is 64.1 Å². The van der Waals surface area contributed by atoms with Crippen molar-refractivity contribution in [2.24, 2.45) is 0 Å². The predicted octanol–water partition coefficient (Wildman–Crippen LogP) is 4.91.